The van der Waals surface area contributed by atoms with Crippen LogP contribution < -0.4 is 5.32 Å². The third-order valence-corrected chi connectivity index (χ3v) is 5.50. The van der Waals surface area contributed by atoms with Gasteiger partial charge in [0.15, 0.2) is 0 Å². The van der Waals surface area contributed by atoms with Crippen LogP contribution in [-0.4, -0.2) is 24.2 Å². The zero-order valence-electron chi connectivity index (χ0n) is 13.2. The summed E-state index contributed by atoms with van der Waals surface area (Å²) in [4.78, 5) is 37.8. The summed E-state index contributed by atoms with van der Waals surface area (Å²) in [7, 11) is 0. The summed E-state index contributed by atoms with van der Waals surface area (Å²) in [5.74, 6) is -1.27. The highest BCUT2D eigenvalue weighted by atomic mass is 32.2. The van der Waals surface area contributed by atoms with Gasteiger partial charge in [-0.25, -0.2) is 0 Å². The first kappa shape index (κ1) is 16.1. The first-order valence-corrected chi connectivity index (χ1v) is 8.72. The average molecular weight is 333 g/mol. The van der Waals surface area contributed by atoms with E-state index in [0.29, 0.717) is 23.9 Å². The van der Waals surface area contributed by atoms with Crippen LogP contribution in [0, 0.1) is 5.92 Å². The van der Waals surface area contributed by atoms with Crippen molar-refractivity contribution in [3.63, 3.8) is 0 Å². The van der Waals surface area contributed by atoms with Gasteiger partial charge in [0.05, 0.1) is 6.61 Å². The highest BCUT2D eigenvalue weighted by molar-refractivity contribution is 8.06. The molecule has 0 aromatic heterocycles. The summed E-state index contributed by atoms with van der Waals surface area (Å²) in [6, 6.07) is 0. The number of carbonyl (C=O) groups excluding carboxylic acids is 3. The zero-order valence-corrected chi connectivity index (χ0v) is 14.0. The summed E-state index contributed by atoms with van der Waals surface area (Å²) >= 11 is 1.65. The van der Waals surface area contributed by atoms with E-state index in [1.807, 2.05) is 19.9 Å². The fourth-order valence-electron chi connectivity index (χ4n) is 3.25. The number of carbonyl (C=O) groups is 3. The molecule has 1 aliphatic carbocycles. The molecule has 122 valence electrons. The molecule has 3 rings (SSSR count). The van der Waals surface area contributed by atoms with Crippen molar-refractivity contribution in [1.29, 1.82) is 0 Å². The molecule has 0 atom stereocenters. The second-order valence-electron chi connectivity index (χ2n) is 5.85. The standard InChI is InChI=1S/C17H19NO4S/c1-3-22-15-9(2)23-12(10-6-4-5-7-10)8-11(15)13-14(19)17(21)18-16(13)20/h8,10H,3-7H2,1-2H3,(H,18,20,21). The van der Waals surface area contributed by atoms with Crippen LogP contribution >= 0.6 is 11.8 Å². The Morgan fingerprint density at radius 1 is 1.22 bits per heavy atom. The average Bonchev–Trinajstić information content (AvgIpc) is 3.11. The summed E-state index contributed by atoms with van der Waals surface area (Å²) in [5, 5.41) is 2.08. The van der Waals surface area contributed by atoms with Crippen LogP contribution in [0.2, 0.25) is 0 Å². The van der Waals surface area contributed by atoms with E-state index < -0.39 is 17.6 Å². The Morgan fingerprint density at radius 3 is 2.48 bits per heavy atom. The molecular formula is C17H19NO4S. The van der Waals surface area contributed by atoms with Crippen molar-refractivity contribution in [3.8, 4) is 0 Å². The van der Waals surface area contributed by atoms with Crippen molar-refractivity contribution in [2.24, 2.45) is 5.92 Å². The Morgan fingerprint density at radius 2 is 1.91 bits per heavy atom. The van der Waals surface area contributed by atoms with E-state index in [4.69, 9.17) is 4.74 Å². The van der Waals surface area contributed by atoms with Gasteiger partial charge in [-0.15, -0.1) is 0 Å². The number of thioether (sulfide) groups is 1. The predicted octanol–water partition coefficient (Wildman–Crippen LogP) is 2.60. The SMILES string of the molecule is CCOC1=C(C)SC(C2CCCC2)=CC1=C1C(=O)NC(=O)C1=O. The lowest BCUT2D eigenvalue weighted by atomic mass is 9.99. The van der Waals surface area contributed by atoms with Crippen molar-refractivity contribution >= 4 is 29.4 Å². The first-order valence-electron chi connectivity index (χ1n) is 7.90. The molecule has 23 heavy (non-hydrogen) atoms. The monoisotopic (exact) mass is 333 g/mol. The van der Waals surface area contributed by atoms with Crippen LogP contribution in [0.1, 0.15) is 39.5 Å². The van der Waals surface area contributed by atoms with Crippen molar-refractivity contribution in [2.75, 3.05) is 6.61 Å². The van der Waals surface area contributed by atoms with E-state index >= 15 is 0 Å². The summed E-state index contributed by atoms with van der Waals surface area (Å²) in [5.41, 5.74) is 0.368. The molecule has 1 saturated carbocycles. The van der Waals surface area contributed by atoms with E-state index in [9.17, 15) is 14.4 Å². The molecule has 0 spiro atoms. The summed E-state index contributed by atoms with van der Waals surface area (Å²) in [6.45, 7) is 4.21. The van der Waals surface area contributed by atoms with Crippen molar-refractivity contribution in [1.82, 2.24) is 5.32 Å². The Bertz CT molecular complexity index is 681. The van der Waals surface area contributed by atoms with Crippen molar-refractivity contribution in [2.45, 2.75) is 39.5 Å². The van der Waals surface area contributed by atoms with Gasteiger partial charge in [-0.05, 0) is 43.6 Å². The van der Waals surface area contributed by atoms with Crippen LogP contribution in [-0.2, 0) is 19.1 Å². The fourth-order valence-corrected chi connectivity index (χ4v) is 4.45. The maximum absolute atomic E-state index is 12.1. The lowest BCUT2D eigenvalue weighted by Gasteiger charge is -2.24. The van der Waals surface area contributed by atoms with Gasteiger partial charge in [0.2, 0.25) is 0 Å². The number of Topliss-reactive ketones (excluding diaryl/α,β-unsaturated/α-hetero) is 1. The number of amides is 2. The van der Waals surface area contributed by atoms with Crippen LogP contribution in [0.15, 0.2) is 32.8 Å². The maximum Gasteiger partial charge on any atom is 0.299 e. The van der Waals surface area contributed by atoms with E-state index in [1.165, 1.54) is 12.8 Å². The Hall–Kier alpha value is -1.82. The molecule has 5 nitrogen and oxygen atoms in total. The van der Waals surface area contributed by atoms with E-state index in [1.54, 1.807) is 11.8 Å². The third-order valence-electron chi connectivity index (χ3n) is 4.32. The third kappa shape index (κ3) is 2.87. The molecule has 2 amide bonds. The Balaban J connectivity index is 2.10. The first-order chi connectivity index (χ1) is 11.0. The fraction of sp³-hybridized carbons (Fsp3) is 0.471. The van der Waals surface area contributed by atoms with Gasteiger partial charge in [-0.1, -0.05) is 24.6 Å². The molecule has 1 saturated heterocycles. The molecule has 0 radical (unpaired) electrons. The highest BCUT2D eigenvalue weighted by Gasteiger charge is 2.39. The molecule has 0 aromatic carbocycles. The van der Waals surface area contributed by atoms with Gasteiger partial charge in [0, 0.05) is 10.5 Å². The Kier molecular flexibility index (Phi) is 4.43. The normalized spacial score (nSPS) is 26.0. The Labute approximate surface area is 139 Å². The van der Waals surface area contributed by atoms with Gasteiger partial charge >= 0.3 is 0 Å². The molecule has 2 aliphatic heterocycles. The van der Waals surface area contributed by atoms with E-state index in [0.717, 1.165) is 22.7 Å². The van der Waals surface area contributed by atoms with Gasteiger partial charge in [0.1, 0.15) is 11.3 Å². The van der Waals surface area contributed by atoms with Crippen LogP contribution in [0.3, 0.4) is 0 Å². The minimum atomic E-state index is -0.861. The molecule has 0 aromatic rings. The zero-order chi connectivity index (χ0) is 16.6. The van der Waals surface area contributed by atoms with Crippen molar-refractivity contribution < 1.29 is 19.1 Å². The topological polar surface area (TPSA) is 72.5 Å². The number of allylic oxidation sites excluding steroid dienone is 3. The quantitative estimate of drug-likeness (QED) is 0.372. The minimum absolute atomic E-state index is 0.0893. The number of ether oxygens (including phenoxy) is 1. The largest absolute Gasteiger partial charge is 0.492 e. The lowest BCUT2D eigenvalue weighted by Crippen LogP contribution is -2.21. The van der Waals surface area contributed by atoms with Crippen LogP contribution in [0.5, 0.6) is 0 Å². The lowest BCUT2D eigenvalue weighted by molar-refractivity contribution is -0.134. The predicted molar refractivity (Wildman–Crippen MR) is 87.1 cm³/mol. The summed E-state index contributed by atoms with van der Waals surface area (Å²) < 4.78 is 5.68. The number of rotatable bonds is 3. The van der Waals surface area contributed by atoms with Gasteiger partial charge < -0.3 is 4.74 Å². The van der Waals surface area contributed by atoms with Gasteiger partial charge in [0.25, 0.3) is 17.6 Å². The number of ketones is 1. The number of nitrogens with one attached hydrogen (secondary N) is 1. The number of hydrogen-bond acceptors (Lipinski definition) is 5. The van der Waals surface area contributed by atoms with E-state index in [-0.39, 0.29) is 5.57 Å². The molecule has 3 aliphatic rings. The minimum Gasteiger partial charge on any atom is -0.492 e. The second-order valence-corrected chi connectivity index (χ2v) is 7.14. The molecule has 0 unspecified atom stereocenters. The van der Waals surface area contributed by atoms with E-state index in [2.05, 4.69) is 5.32 Å². The van der Waals surface area contributed by atoms with Gasteiger partial charge in [-0.2, -0.15) is 0 Å². The smallest absolute Gasteiger partial charge is 0.299 e. The molecule has 1 N–H and O–H groups in total. The molecule has 2 heterocycles. The van der Waals surface area contributed by atoms with Gasteiger partial charge in [-0.3, -0.25) is 19.7 Å². The molecule has 6 heteroatoms. The highest BCUT2D eigenvalue weighted by Crippen LogP contribution is 2.46. The number of imide groups is 1. The van der Waals surface area contributed by atoms with Crippen LogP contribution in [0.4, 0.5) is 0 Å². The molecule has 2 fully saturated rings. The summed E-state index contributed by atoms with van der Waals surface area (Å²) in [6.07, 6.45) is 6.53. The second kappa shape index (κ2) is 6.35. The number of hydrogen-bond donors (Lipinski definition) is 1. The maximum atomic E-state index is 12.1. The van der Waals surface area contributed by atoms with Crippen molar-refractivity contribution in [3.05, 3.63) is 32.8 Å². The molecular weight excluding hydrogens is 314 g/mol. The van der Waals surface area contributed by atoms with Crippen LogP contribution in [0.25, 0.3) is 0 Å². The molecule has 0 bridgehead atoms.